The predicted molar refractivity (Wildman–Crippen MR) is 147 cm³/mol. The van der Waals surface area contributed by atoms with Gasteiger partial charge in [-0.25, -0.2) is 14.4 Å². The molecule has 3 rings (SSSR count). The Balaban J connectivity index is 1.57. The number of ether oxygens (including phenoxy) is 2. The van der Waals surface area contributed by atoms with Crippen molar-refractivity contribution < 1.29 is 38.4 Å². The van der Waals surface area contributed by atoms with Crippen molar-refractivity contribution in [3.63, 3.8) is 0 Å². The second kappa shape index (κ2) is 15.5. The third-order valence-electron chi connectivity index (χ3n) is 6.31. The molecule has 2 atom stereocenters. The number of nitrogens with zero attached hydrogens (tertiary/aromatic N) is 2. The summed E-state index contributed by atoms with van der Waals surface area (Å²) in [5, 5.41) is 18.3. The standard InChI is InChI=1S/C27H32N6O9/c28-26(37)29-14-4-8-21(25(36)42-20-12-10-19(11-13-20)33(39)40)31-24(35)22-9-5-15-32(22)23(34)16-30-27(38)41-17-18-6-2-1-3-7-18/h1-3,6-7,10-13,21-22H,4-5,8-9,14-17H2,(H,30,38)(H,31,35)(H3,28,29,37)/t21-,22-/m0/s1. The maximum absolute atomic E-state index is 13.2. The molecule has 0 radical (unpaired) electrons. The van der Waals surface area contributed by atoms with E-state index < -0.39 is 46.9 Å². The number of esters is 1. The lowest BCUT2D eigenvalue weighted by Crippen LogP contribution is -2.53. The summed E-state index contributed by atoms with van der Waals surface area (Å²) in [6.45, 7) is 0.0500. The van der Waals surface area contributed by atoms with E-state index in [1.54, 1.807) is 24.3 Å². The first-order valence-corrected chi connectivity index (χ1v) is 13.2. The molecule has 5 N–H and O–H groups in total. The van der Waals surface area contributed by atoms with Gasteiger partial charge in [-0.15, -0.1) is 0 Å². The van der Waals surface area contributed by atoms with E-state index in [0.717, 1.165) is 5.56 Å². The molecule has 1 aliphatic heterocycles. The minimum absolute atomic E-state index is 0.0297. The average molecular weight is 585 g/mol. The number of carbonyl (C=O) groups is 5. The zero-order chi connectivity index (χ0) is 30.5. The third kappa shape index (κ3) is 9.76. The number of hydrogen-bond acceptors (Lipinski definition) is 9. The first kappa shape index (κ1) is 31.3. The van der Waals surface area contributed by atoms with Gasteiger partial charge in [0.1, 0.15) is 31.0 Å². The van der Waals surface area contributed by atoms with Gasteiger partial charge in [0.25, 0.3) is 5.69 Å². The third-order valence-corrected chi connectivity index (χ3v) is 6.31. The Kier molecular flexibility index (Phi) is 11.6. The van der Waals surface area contributed by atoms with Gasteiger partial charge in [-0.05, 0) is 43.4 Å². The van der Waals surface area contributed by atoms with Crippen molar-refractivity contribution in [1.82, 2.24) is 20.9 Å². The van der Waals surface area contributed by atoms with Crippen LogP contribution in [0.2, 0.25) is 0 Å². The number of non-ortho nitro benzene ring substituents is 1. The molecule has 0 saturated carbocycles. The topological polar surface area (TPSA) is 212 Å². The first-order chi connectivity index (χ1) is 20.1. The van der Waals surface area contributed by atoms with Crippen LogP contribution < -0.4 is 26.4 Å². The summed E-state index contributed by atoms with van der Waals surface area (Å²) in [4.78, 5) is 73.6. The highest BCUT2D eigenvalue weighted by Crippen LogP contribution is 2.20. The molecule has 5 amide bonds. The van der Waals surface area contributed by atoms with Crippen LogP contribution in [0.25, 0.3) is 0 Å². The van der Waals surface area contributed by atoms with Crippen LogP contribution in [0.3, 0.4) is 0 Å². The lowest BCUT2D eigenvalue weighted by Gasteiger charge is -2.26. The largest absolute Gasteiger partial charge is 0.445 e. The van der Waals surface area contributed by atoms with Crippen molar-refractivity contribution >= 4 is 35.6 Å². The fourth-order valence-corrected chi connectivity index (χ4v) is 4.22. The molecule has 0 aliphatic carbocycles. The maximum Gasteiger partial charge on any atom is 0.407 e. The fourth-order valence-electron chi connectivity index (χ4n) is 4.22. The molecule has 42 heavy (non-hydrogen) atoms. The van der Waals surface area contributed by atoms with Gasteiger partial charge in [0, 0.05) is 25.2 Å². The number of primary amides is 1. The lowest BCUT2D eigenvalue weighted by molar-refractivity contribution is -0.384. The number of nitrogens with two attached hydrogens (primary N) is 1. The molecule has 1 fully saturated rings. The molecule has 2 aromatic rings. The average Bonchev–Trinajstić information content (AvgIpc) is 3.47. The molecule has 0 unspecified atom stereocenters. The number of rotatable bonds is 13. The summed E-state index contributed by atoms with van der Waals surface area (Å²) < 4.78 is 10.4. The molecule has 1 heterocycles. The molecule has 15 heteroatoms. The van der Waals surface area contributed by atoms with Gasteiger partial charge in [-0.1, -0.05) is 30.3 Å². The van der Waals surface area contributed by atoms with Crippen molar-refractivity contribution in [3.8, 4) is 5.75 Å². The SMILES string of the molecule is NC(=O)NCCC[C@H](NC(=O)[C@@H]1CCCN1C(=O)CNC(=O)OCc1ccccc1)C(=O)Oc1ccc([N+](=O)[O-])cc1. The highest BCUT2D eigenvalue weighted by molar-refractivity contribution is 5.92. The summed E-state index contributed by atoms with van der Waals surface area (Å²) in [5.41, 5.74) is 5.66. The molecular weight excluding hydrogens is 552 g/mol. The predicted octanol–water partition coefficient (Wildman–Crippen LogP) is 1.35. The molecule has 1 saturated heterocycles. The molecule has 2 aromatic carbocycles. The highest BCUT2D eigenvalue weighted by Gasteiger charge is 2.36. The van der Waals surface area contributed by atoms with Crippen molar-refractivity contribution in [2.24, 2.45) is 5.73 Å². The monoisotopic (exact) mass is 584 g/mol. The minimum Gasteiger partial charge on any atom is -0.445 e. The van der Waals surface area contributed by atoms with E-state index in [1.807, 2.05) is 6.07 Å². The lowest BCUT2D eigenvalue weighted by atomic mass is 10.1. The second-order valence-corrected chi connectivity index (χ2v) is 9.33. The summed E-state index contributed by atoms with van der Waals surface area (Å²) in [6.07, 6.45) is 0.399. The molecule has 1 aliphatic rings. The number of alkyl carbamates (subject to hydrolysis) is 1. The van der Waals surface area contributed by atoms with Crippen LogP contribution in [-0.2, 0) is 25.7 Å². The highest BCUT2D eigenvalue weighted by atomic mass is 16.6. The number of urea groups is 1. The van der Waals surface area contributed by atoms with Gasteiger partial charge in [-0.2, -0.15) is 0 Å². The van der Waals surface area contributed by atoms with E-state index in [9.17, 15) is 34.1 Å². The summed E-state index contributed by atoms with van der Waals surface area (Å²) in [7, 11) is 0. The Morgan fingerprint density at radius 3 is 2.43 bits per heavy atom. The van der Waals surface area contributed by atoms with Gasteiger partial charge in [0.15, 0.2) is 0 Å². The molecule has 15 nitrogen and oxygen atoms in total. The van der Waals surface area contributed by atoms with E-state index in [4.69, 9.17) is 15.2 Å². The second-order valence-electron chi connectivity index (χ2n) is 9.33. The number of nitro groups is 1. The number of amides is 5. The number of benzene rings is 2. The zero-order valence-electron chi connectivity index (χ0n) is 22.7. The molecule has 0 bridgehead atoms. The molecule has 0 spiro atoms. The van der Waals surface area contributed by atoms with Crippen LogP contribution in [-0.4, -0.2) is 71.4 Å². The van der Waals surface area contributed by atoms with Crippen LogP contribution in [0.1, 0.15) is 31.2 Å². The van der Waals surface area contributed by atoms with Crippen molar-refractivity contribution in [2.45, 2.75) is 44.4 Å². The molecule has 224 valence electrons. The van der Waals surface area contributed by atoms with Gasteiger partial charge < -0.3 is 36.1 Å². The number of nitrogens with one attached hydrogen (secondary N) is 3. The quantitative estimate of drug-likeness (QED) is 0.0878. The van der Waals surface area contributed by atoms with E-state index in [-0.39, 0.29) is 50.5 Å². The minimum atomic E-state index is -1.16. The van der Waals surface area contributed by atoms with Crippen molar-refractivity contribution in [3.05, 3.63) is 70.3 Å². The van der Waals surface area contributed by atoms with E-state index >= 15 is 0 Å². The van der Waals surface area contributed by atoms with Crippen LogP contribution >= 0.6 is 0 Å². The Hall–Kier alpha value is -5.21. The fraction of sp³-hybridized carbons (Fsp3) is 0.370. The van der Waals surface area contributed by atoms with Gasteiger partial charge in [0.05, 0.1) is 4.92 Å². The van der Waals surface area contributed by atoms with Crippen LogP contribution in [0, 0.1) is 10.1 Å². The van der Waals surface area contributed by atoms with E-state index in [1.165, 1.54) is 29.2 Å². The summed E-state index contributed by atoms with van der Waals surface area (Å²) >= 11 is 0. The van der Waals surface area contributed by atoms with Gasteiger partial charge >= 0.3 is 18.1 Å². The zero-order valence-corrected chi connectivity index (χ0v) is 22.7. The Morgan fingerprint density at radius 2 is 1.76 bits per heavy atom. The Bertz CT molecular complexity index is 1270. The van der Waals surface area contributed by atoms with Gasteiger partial charge in [0.2, 0.25) is 11.8 Å². The van der Waals surface area contributed by atoms with Gasteiger partial charge in [-0.3, -0.25) is 19.7 Å². The molecular formula is C27H32N6O9. The Labute approximate surface area is 240 Å². The van der Waals surface area contributed by atoms with Crippen molar-refractivity contribution in [1.29, 1.82) is 0 Å². The van der Waals surface area contributed by atoms with Crippen molar-refractivity contribution in [2.75, 3.05) is 19.6 Å². The maximum atomic E-state index is 13.2. The normalized spacial score (nSPS) is 14.8. The van der Waals surface area contributed by atoms with Crippen LogP contribution in [0.15, 0.2) is 54.6 Å². The Morgan fingerprint density at radius 1 is 1.05 bits per heavy atom. The summed E-state index contributed by atoms with van der Waals surface area (Å²) in [6, 6.07) is 11.0. The number of carbonyl (C=O) groups excluding carboxylic acids is 5. The van der Waals surface area contributed by atoms with Crippen LogP contribution in [0.4, 0.5) is 15.3 Å². The molecule has 0 aromatic heterocycles. The van der Waals surface area contributed by atoms with E-state index in [2.05, 4.69) is 16.0 Å². The number of nitro benzene ring substituents is 1. The summed E-state index contributed by atoms with van der Waals surface area (Å²) in [5.74, 6) is -1.90. The van der Waals surface area contributed by atoms with Crippen LogP contribution in [0.5, 0.6) is 5.75 Å². The number of likely N-dealkylation sites (tertiary alicyclic amines) is 1. The smallest absolute Gasteiger partial charge is 0.407 e. The van der Waals surface area contributed by atoms with E-state index in [0.29, 0.717) is 12.8 Å². The first-order valence-electron chi connectivity index (χ1n) is 13.2. The number of hydrogen-bond donors (Lipinski definition) is 4.